The quantitative estimate of drug-likeness (QED) is 0.777. The van der Waals surface area contributed by atoms with Crippen LogP contribution in [0.15, 0.2) is 30.3 Å². The molecule has 4 heteroatoms. The molecular weight excluding hydrogens is 251 g/mol. The highest BCUT2D eigenvalue weighted by atomic mass is 19.2. The number of hydrogen-bond acceptors (Lipinski definition) is 1. The monoisotopic (exact) mass is 263 g/mol. The number of benzene rings is 2. The first-order valence-electron chi connectivity index (χ1n) is 6.14. The van der Waals surface area contributed by atoms with Crippen LogP contribution in [0.3, 0.4) is 0 Å². The summed E-state index contributed by atoms with van der Waals surface area (Å²) >= 11 is 0. The molecule has 1 nitrogen and oxygen atoms in total. The van der Waals surface area contributed by atoms with Gasteiger partial charge in [0.05, 0.1) is 0 Å². The topological polar surface area (TPSA) is 12.0 Å². The molecule has 1 heterocycles. The fourth-order valence-electron chi connectivity index (χ4n) is 2.50. The van der Waals surface area contributed by atoms with Gasteiger partial charge in [-0.15, -0.1) is 0 Å². The Hall–Kier alpha value is -1.81. The largest absolute Gasteiger partial charge is 0.312 e. The minimum atomic E-state index is -1.42. The van der Waals surface area contributed by atoms with Gasteiger partial charge in [-0.25, -0.2) is 13.2 Å². The Bertz CT molecular complexity index is 638. The van der Waals surface area contributed by atoms with Crippen LogP contribution < -0.4 is 5.32 Å². The second-order valence-corrected chi connectivity index (χ2v) is 4.59. The highest BCUT2D eigenvalue weighted by Gasteiger charge is 2.19. The third-order valence-electron chi connectivity index (χ3n) is 3.47. The molecule has 0 atom stereocenters. The maximum atomic E-state index is 13.9. The van der Waals surface area contributed by atoms with Crippen LogP contribution in [0, 0.1) is 17.5 Å². The molecule has 0 saturated heterocycles. The molecule has 0 spiro atoms. The summed E-state index contributed by atoms with van der Waals surface area (Å²) in [6.07, 6.45) is 0.856. The average Bonchev–Trinajstić information content (AvgIpc) is 2.45. The lowest BCUT2D eigenvalue weighted by Crippen LogP contribution is -2.24. The second-order valence-electron chi connectivity index (χ2n) is 4.59. The zero-order chi connectivity index (χ0) is 13.4. The molecule has 98 valence electrons. The molecule has 1 aliphatic rings. The van der Waals surface area contributed by atoms with Gasteiger partial charge in [-0.3, -0.25) is 0 Å². The normalized spacial score (nSPS) is 14.3. The summed E-state index contributed by atoms with van der Waals surface area (Å²) in [7, 11) is 0. The van der Waals surface area contributed by atoms with Gasteiger partial charge in [0.25, 0.3) is 0 Å². The van der Waals surface area contributed by atoms with Crippen LogP contribution in [0.2, 0.25) is 0 Å². The van der Waals surface area contributed by atoms with Crippen molar-refractivity contribution in [3.8, 4) is 11.1 Å². The Kier molecular flexibility index (Phi) is 3.03. The maximum Gasteiger partial charge on any atom is 0.195 e. The zero-order valence-electron chi connectivity index (χ0n) is 10.1. The number of halogens is 3. The molecule has 0 saturated carbocycles. The zero-order valence-corrected chi connectivity index (χ0v) is 10.1. The molecule has 0 aliphatic carbocycles. The molecule has 3 rings (SSSR count). The predicted molar refractivity (Wildman–Crippen MR) is 67.2 cm³/mol. The van der Waals surface area contributed by atoms with Crippen molar-refractivity contribution in [1.82, 2.24) is 5.32 Å². The molecule has 1 aliphatic heterocycles. The van der Waals surface area contributed by atoms with E-state index in [9.17, 15) is 13.2 Å². The second kappa shape index (κ2) is 4.70. The number of fused-ring (bicyclic) bond motifs is 1. The highest BCUT2D eigenvalue weighted by Crippen LogP contribution is 2.31. The van der Waals surface area contributed by atoms with Gasteiger partial charge >= 0.3 is 0 Å². The lowest BCUT2D eigenvalue weighted by molar-refractivity contribution is 0.449. The van der Waals surface area contributed by atoms with E-state index < -0.39 is 17.5 Å². The molecular formula is C15H12F3N. The minimum Gasteiger partial charge on any atom is -0.312 e. The SMILES string of the molecule is Fc1ccc(-c2cccc3c2CNCC3)c(F)c1F. The molecule has 19 heavy (non-hydrogen) atoms. The van der Waals surface area contributed by atoms with Crippen molar-refractivity contribution in [2.24, 2.45) is 0 Å². The molecule has 0 aromatic heterocycles. The van der Waals surface area contributed by atoms with Crippen LogP contribution in [0.1, 0.15) is 11.1 Å². The van der Waals surface area contributed by atoms with Gasteiger partial charge in [-0.2, -0.15) is 0 Å². The summed E-state index contributed by atoms with van der Waals surface area (Å²) in [4.78, 5) is 0. The Labute approximate surface area is 109 Å². The van der Waals surface area contributed by atoms with E-state index in [0.717, 1.165) is 30.2 Å². The van der Waals surface area contributed by atoms with Gasteiger partial charge in [-0.1, -0.05) is 18.2 Å². The van der Waals surface area contributed by atoms with Crippen molar-refractivity contribution in [2.75, 3.05) is 6.54 Å². The summed E-state index contributed by atoms with van der Waals surface area (Å²) in [6, 6.07) is 7.79. The Balaban J connectivity index is 2.20. The van der Waals surface area contributed by atoms with Crippen molar-refractivity contribution < 1.29 is 13.2 Å². The molecule has 0 radical (unpaired) electrons. The van der Waals surface area contributed by atoms with Gasteiger partial charge in [0.2, 0.25) is 0 Å². The van der Waals surface area contributed by atoms with Gasteiger partial charge in [0, 0.05) is 12.1 Å². The molecule has 0 bridgehead atoms. The van der Waals surface area contributed by atoms with E-state index in [1.165, 1.54) is 6.07 Å². The first-order chi connectivity index (χ1) is 9.18. The minimum absolute atomic E-state index is 0.111. The third kappa shape index (κ3) is 2.02. The lowest BCUT2D eigenvalue weighted by atomic mass is 9.91. The van der Waals surface area contributed by atoms with Crippen LogP contribution in [0.5, 0.6) is 0 Å². The number of nitrogens with one attached hydrogen (secondary N) is 1. The Morgan fingerprint density at radius 1 is 0.895 bits per heavy atom. The summed E-state index contributed by atoms with van der Waals surface area (Å²) in [5.74, 6) is -3.71. The van der Waals surface area contributed by atoms with Crippen molar-refractivity contribution in [1.29, 1.82) is 0 Å². The van der Waals surface area contributed by atoms with E-state index in [-0.39, 0.29) is 5.56 Å². The van der Waals surface area contributed by atoms with Gasteiger partial charge < -0.3 is 5.32 Å². The fraction of sp³-hybridized carbons (Fsp3) is 0.200. The summed E-state index contributed by atoms with van der Waals surface area (Å²) < 4.78 is 40.2. The molecule has 2 aromatic carbocycles. The average molecular weight is 263 g/mol. The van der Waals surface area contributed by atoms with Crippen molar-refractivity contribution in [2.45, 2.75) is 13.0 Å². The first kappa shape index (κ1) is 12.2. The fourth-order valence-corrected chi connectivity index (χ4v) is 2.50. The van der Waals surface area contributed by atoms with Crippen LogP contribution in [0.4, 0.5) is 13.2 Å². The molecule has 0 fully saturated rings. The van der Waals surface area contributed by atoms with Crippen molar-refractivity contribution >= 4 is 0 Å². The Morgan fingerprint density at radius 2 is 1.74 bits per heavy atom. The third-order valence-corrected chi connectivity index (χ3v) is 3.47. The van der Waals surface area contributed by atoms with Gasteiger partial charge in [0.15, 0.2) is 17.5 Å². The molecule has 2 aromatic rings. The van der Waals surface area contributed by atoms with E-state index in [1.807, 2.05) is 12.1 Å². The van der Waals surface area contributed by atoms with Crippen molar-refractivity contribution in [3.05, 3.63) is 58.9 Å². The lowest BCUT2D eigenvalue weighted by Gasteiger charge is -2.20. The summed E-state index contributed by atoms with van der Waals surface area (Å²) in [6.45, 7) is 1.49. The number of hydrogen-bond donors (Lipinski definition) is 1. The van der Waals surface area contributed by atoms with Crippen molar-refractivity contribution in [3.63, 3.8) is 0 Å². The van der Waals surface area contributed by atoms with Gasteiger partial charge in [-0.05, 0) is 41.8 Å². The predicted octanol–water partition coefficient (Wildman–Crippen LogP) is 3.42. The first-order valence-corrected chi connectivity index (χ1v) is 6.14. The van der Waals surface area contributed by atoms with Crippen LogP contribution in [-0.2, 0) is 13.0 Å². The highest BCUT2D eigenvalue weighted by molar-refractivity contribution is 5.69. The molecule has 0 unspecified atom stereocenters. The van der Waals surface area contributed by atoms with E-state index in [4.69, 9.17) is 0 Å². The number of rotatable bonds is 1. The molecule has 1 N–H and O–H groups in total. The maximum absolute atomic E-state index is 13.9. The van der Waals surface area contributed by atoms with Crippen LogP contribution in [-0.4, -0.2) is 6.54 Å². The van der Waals surface area contributed by atoms with E-state index in [1.54, 1.807) is 6.07 Å². The smallest absolute Gasteiger partial charge is 0.195 e. The van der Waals surface area contributed by atoms with E-state index in [0.29, 0.717) is 12.1 Å². The molecule has 0 amide bonds. The van der Waals surface area contributed by atoms with Crippen LogP contribution >= 0.6 is 0 Å². The standard InChI is InChI=1S/C15H12F3N/c16-13-5-4-11(14(17)15(13)18)10-3-1-2-9-6-7-19-8-12(9)10/h1-5,19H,6-8H2. The summed E-state index contributed by atoms with van der Waals surface area (Å²) in [5, 5.41) is 3.21. The van der Waals surface area contributed by atoms with Gasteiger partial charge in [0.1, 0.15) is 0 Å². The van der Waals surface area contributed by atoms with E-state index >= 15 is 0 Å². The summed E-state index contributed by atoms with van der Waals surface area (Å²) in [5.41, 5.74) is 2.82. The Morgan fingerprint density at radius 3 is 2.58 bits per heavy atom. The van der Waals surface area contributed by atoms with E-state index in [2.05, 4.69) is 5.32 Å². The van der Waals surface area contributed by atoms with Crippen LogP contribution in [0.25, 0.3) is 11.1 Å².